The van der Waals surface area contributed by atoms with Crippen LogP contribution in [0.1, 0.15) is 5.56 Å². The van der Waals surface area contributed by atoms with Gasteiger partial charge in [-0.2, -0.15) is 0 Å². The molecule has 20 heavy (non-hydrogen) atoms. The highest BCUT2D eigenvalue weighted by atomic mass is 32.1. The van der Waals surface area contributed by atoms with Crippen molar-refractivity contribution in [3.05, 3.63) is 72.3 Å². The van der Waals surface area contributed by atoms with Crippen LogP contribution in [0.15, 0.2) is 66.7 Å². The molecule has 0 radical (unpaired) electrons. The van der Waals surface area contributed by atoms with Gasteiger partial charge in [0, 0.05) is 20.2 Å². The van der Waals surface area contributed by atoms with E-state index >= 15 is 0 Å². The normalized spacial score (nSPS) is 11.2. The van der Waals surface area contributed by atoms with Gasteiger partial charge < -0.3 is 0 Å². The van der Waals surface area contributed by atoms with Crippen LogP contribution in [0, 0.1) is 6.92 Å². The van der Waals surface area contributed by atoms with Gasteiger partial charge in [0.25, 0.3) is 0 Å². The fourth-order valence-electron chi connectivity index (χ4n) is 2.80. The minimum atomic E-state index is 1.29. The van der Waals surface area contributed by atoms with E-state index in [2.05, 4.69) is 73.7 Å². The molecule has 0 fully saturated rings. The van der Waals surface area contributed by atoms with Gasteiger partial charge in [-0.3, -0.25) is 0 Å². The van der Waals surface area contributed by atoms with Crippen LogP contribution in [0.4, 0.5) is 0 Å². The number of rotatable bonds is 1. The number of thiophene rings is 1. The number of fused-ring (bicyclic) bond motifs is 3. The van der Waals surface area contributed by atoms with Crippen LogP contribution in [-0.2, 0) is 0 Å². The van der Waals surface area contributed by atoms with Gasteiger partial charge in [0.1, 0.15) is 0 Å². The van der Waals surface area contributed by atoms with Crippen molar-refractivity contribution in [3.8, 4) is 11.1 Å². The highest BCUT2D eigenvalue weighted by Crippen LogP contribution is 2.37. The van der Waals surface area contributed by atoms with Crippen molar-refractivity contribution in [2.45, 2.75) is 6.92 Å². The van der Waals surface area contributed by atoms with Crippen LogP contribution in [0.5, 0.6) is 0 Å². The molecule has 0 aliphatic rings. The first-order valence-corrected chi connectivity index (χ1v) is 7.62. The summed E-state index contributed by atoms with van der Waals surface area (Å²) >= 11 is 1.88. The lowest BCUT2D eigenvalue weighted by atomic mass is 9.98. The van der Waals surface area contributed by atoms with Crippen molar-refractivity contribution in [3.63, 3.8) is 0 Å². The molecule has 1 aromatic heterocycles. The smallest absolute Gasteiger partial charge is 0.0358 e. The van der Waals surface area contributed by atoms with E-state index in [0.29, 0.717) is 0 Å². The Balaban J connectivity index is 2.08. The van der Waals surface area contributed by atoms with E-state index < -0.39 is 0 Å². The second-order valence-electron chi connectivity index (χ2n) is 5.13. The minimum absolute atomic E-state index is 1.29. The van der Waals surface area contributed by atoms with E-state index in [0.717, 1.165) is 0 Å². The lowest BCUT2D eigenvalue weighted by Crippen LogP contribution is -1.82. The Bertz CT molecular complexity index is 901. The maximum Gasteiger partial charge on any atom is 0.0358 e. The third kappa shape index (κ3) is 1.75. The van der Waals surface area contributed by atoms with E-state index in [1.807, 2.05) is 11.3 Å². The van der Waals surface area contributed by atoms with Crippen molar-refractivity contribution < 1.29 is 0 Å². The average Bonchev–Trinajstić information content (AvgIpc) is 2.84. The Morgan fingerprint density at radius 1 is 0.700 bits per heavy atom. The maximum absolute atomic E-state index is 2.35. The van der Waals surface area contributed by atoms with Crippen LogP contribution in [0.25, 0.3) is 31.3 Å². The predicted octanol–water partition coefficient (Wildman–Crippen LogP) is 6.03. The molecular formula is C19H14S. The quantitative estimate of drug-likeness (QED) is 0.397. The fourth-order valence-corrected chi connectivity index (χ4v) is 3.99. The maximum atomic E-state index is 2.35. The van der Waals surface area contributed by atoms with Crippen LogP contribution in [0.3, 0.4) is 0 Å². The molecule has 0 nitrogen and oxygen atoms in total. The molecule has 96 valence electrons. The average molecular weight is 274 g/mol. The zero-order chi connectivity index (χ0) is 13.5. The molecular weight excluding hydrogens is 260 g/mol. The van der Waals surface area contributed by atoms with Crippen LogP contribution in [-0.4, -0.2) is 0 Å². The van der Waals surface area contributed by atoms with Gasteiger partial charge in [0.05, 0.1) is 0 Å². The number of aryl methyl sites for hydroxylation is 1. The van der Waals surface area contributed by atoms with Gasteiger partial charge in [-0.05, 0) is 41.8 Å². The summed E-state index contributed by atoms with van der Waals surface area (Å²) in [6, 6.07) is 24.0. The van der Waals surface area contributed by atoms with Crippen molar-refractivity contribution >= 4 is 31.5 Å². The molecule has 0 spiro atoms. The standard InChI is InChI=1S/C19H14S/c1-13-11-19-17(15-9-5-6-10-18(15)20-19)12-16(13)14-7-3-2-4-8-14/h2-12H,1H3. The largest absolute Gasteiger partial charge is 0.135 e. The molecule has 4 aromatic rings. The number of hydrogen-bond donors (Lipinski definition) is 0. The van der Waals surface area contributed by atoms with Crippen LogP contribution in [0.2, 0.25) is 0 Å². The topological polar surface area (TPSA) is 0 Å². The van der Waals surface area contributed by atoms with Crippen LogP contribution >= 0.6 is 11.3 Å². The van der Waals surface area contributed by atoms with E-state index in [9.17, 15) is 0 Å². The lowest BCUT2D eigenvalue weighted by Gasteiger charge is -2.06. The number of hydrogen-bond acceptors (Lipinski definition) is 1. The number of benzene rings is 3. The summed E-state index contributed by atoms with van der Waals surface area (Å²) in [6.07, 6.45) is 0. The SMILES string of the molecule is Cc1cc2sc3ccccc3c2cc1-c1ccccc1. The van der Waals surface area contributed by atoms with Gasteiger partial charge in [-0.1, -0.05) is 48.5 Å². The van der Waals surface area contributed by atoms with E-state index in [1.54, 1.807) is 0 Å². The zero-order valence-corrected chi connectivity index (χ0v) is 12.1. The van der Waals surface area contributed by atoms with Crippen molar-refractivity contribution in [2.75, 3.05) is 0 Å². The van der Waals surface area contributed by atoms with Gasteiger partial charge in [0.15, 0.2) is 0 Å². The van der Waals surface area contributed by atoms with Crippen molar-refractivity contribution in [1.82, 2.24) is 0 Å². The molecule has 0 bridgehead atoms. The summed E-state index contributed by atoms with van der Waals surface area (Å²) in [4.78, 5) is 0. The summed E-state index contributed by atoms with van der Waals surface area (Å²) < 4.78 is 2.75. The van der Waals surface area contributed by atoms with Crippen molar-refractivity contribution in [1.29, 1.82) is 0 Å². The Morgan fingerprint density at radius 3 is 2.30 bits per heavy atom. The summed E-state index contributed by atoms with van der Waals surface area (Å²) in [7, 11) is 0. The minimum Gasteiger partial charge on any atom is -0.135 e. The summed E-state index contributed by atoms with van der Waals surface area (Å²) in [5.74, 6) is 0. The Morgan fingerprint density at radius 2 is 1.45 bits per heavy atom. The zero-order valence-electron chi connectivity index (χ0n) is 11.3. The third-order valence-electron chi connectivity index (χ3n) is 3.81. The van der Waals surface area contributed by atoms with Crippen molar-refractivity contribution in [2.24, 2.45) is 0 Å². The first kappa shape index (κ1) is 11.7. The van der Waals surface area contributed by atoms with E-state index in [-0.39, 0.29) is 0 Å². The van der Waals surface area contributed by atoms with Crippen LogP contribution < -0.4 is 0 Å². The fraction of sp³-hybridized carbons (Fsp3) is 0.0526. The summed E-state index contributed by atoms with van der Waals surface area (Å²) in [5, 5.41) is 2.74. The highest BCUT2D eigenvalue weighted by molar-refractivity contribution is 7.25. The molecule has 3 aromatic carbocycles. The molecule has 0 amide bonds. The highest BCUT2D eigenvalue weighted by Gasteiger charge is 2.08. The molecule has 1 heterocycles. The predicted molar refractivity (Wildman–Crippen MR) is 89.5 cm³/mol. The van der Waals surface area contributed by atoms with E-state index in [4.69, 9.17) is 0 Å². The summed E-state index contributed by atoms with van der Waals surface area (Å²) in [6.45, 7) is 2.20. The molecule has 0 atom stereocenters. The van der Waals surface area contributed by atoms with Gasteiger partial charge in [0.2, 0.25) is 0 Å². The third-order valence-corrected chi connectivity index (χ3v) is 4.94. The molecule has 0 saturated carbocycles. The van der Waals surface area contributed by atoms with Gasteiger partial charge in [-0.25, -0.2) is 0 Å². The van der Waals surface area contributed by atoms with E-state index in [1.165, 1.54) is 36.9 Å². The first-order valence-electron chi connectivity index (χ1n) is 6.80. The first-order chi connectivity index (χ1) is 9.83. The Hall–Kier alpha value is -2.12. The monoisotopic (exact) mass is 274 g/mol. The molecule has 0 unspecified atom stereocenters. The molecule has 4 rings (SSSR count). The molecule has 0 aliphatic heterocycles. The lowest BCUT2D eigenvalue weighted by molar-refractivity contribution is 1.49. The molecule has 0 saturated heterocycles. The second kappa shape index (κ2) is 4.46. The van der Waals surface area contributed by atoms with Gasteiger partial charge >= 0.3 is 0 Å². The Kier molecular flexibility index (Phi) is 2.61. The molecule has 1 heteroatoms. The summed E-state index contributed by atoms with van der Waals surface area (Å²) in [5.41, 5.74) is 3.97. The second-order valence-corrected chi connectivity index (χ2v) is 6.21. The van der Waals surface area contributed by atoms with Gasteiger partial charge in [-0.15, -0.1) is 11.3 Å². The Labute approximate surface area is 122 Å². The molecule has 0 N–H and O–H groups in total. The molecule has 0 aliphatic carbocycles.